The standard InChI is InChI=1S/C19H23N5O4S/c25-19(22-11-16(12-22)24-13-18(20-21-24)14-1-2-14)15-3-5-17(6-4-15)29(26,27)23-7-9-28-10-8-23/h3-6,13-14,16H,1-2,7-12H2. The minimum atomic E-state index is -3.55. The SMILES string of the molecule is O=C(c1ccc(S(=O)(=O)N2CCOCC2)cc1)N1CC(n2cc(C3CC3)nn2)C1. The molecule has 0 bridgehead atoms. The highest BCUT2D eigenvalue weighted by atomic mass is 32.2. The zero-order valence-electron chi connectivity index (χ0n) is 16.0. The third kappa shape index (κ3) is 3.56. The molecule has 2 saturated heterocycles. The summed E-state index contributed by atoms with van der Waals surface area (Å²) in [5.74, 6) is 0.466. The number of nitrogens with zero attached hydrogens (tertiary/aromatic N) is 5. The highest BCUT2D eigenvalue weighted by molar-refractivity contribution is 7.89. The number of likely N-dealkylation sites (tertiary alicyclic amines) is 1. The summed E-state index contributed by atoms with van der Waals surface area (Å²) in [6, 6.07) is 6.34. The molecule has 154 valence electrons. The molecule has 0 atom stereocenters. The van der Waals surface area contributed by atoms with Gasteiger partial charge in [0.05, 0.1) is 29.8 Å². The lowest BCUT2D eigenvalue weighted by atomic mass is 10.1. The van der Waals surface area contributed by atoms with E-state index in [9.17, 15) is 13.2 Å². The van der Waals surface area contributed by atoms with Crippen molar-refractivity contribution in [1.82, 2.24) is 24.2 Å². The van der Waals surface area contributed by atoms with Gasteiger partial charge in [-0.05, 0) is 37.1 Å². The van der Waals surface area contributed by atoms with E-state index in [2.05, 4.69) is 10.3 Å². The zero-order chi connectivity index (χ0) is 20.0. The average Bonchev–Trinajstić information content (AvgIpc) is 3.46. The van der Waals surface area contributed by atoms with Gasteiger partial charge >= 0.3 is 0 Å². The Morgan fingerprint density at radius 1 is 1.07 bits per heavy atom. The molecule has 29 heavy (non-hydrogen) atoms. The van der Waals surface area contributed by atoms with Crippen LogP contribution >= 0.6 is 0 Å². The minimum Gasteiger partial charge on any atom is -0.379 e. The Labute approximate surface area is 169 Å². The first-order chi connectivity index (χ1) is 14.0. The molecule has 9 nitrogen and oxygen atoms in total. The first-order valence-electron chi connectivity index (χ1n) is 9.91. The lowest BCUT2D eigenvalue weighted by Gasteiger charge is -2.38. The molecule has 0 unspecified atom stereocenters. The summed E-state index contributed by atoms with van der Waals surface area (Å²) >= 11 is 0. The van der Waals surface area contributed by atoms with Crippen molar-refractivity contribution in [3.05, 3.63) is 41.7 Å². The Balaban J connectivity index is 1.21. The van der Waals surface area contributed by atoms with Gasteiger partial charge < -0.3 is 9.64 Å². The molecule has 10 heteroatoms. The molecule has 3 heterocycles. The summed E-state index contributed by atoms with van der Waals surface area (Å²) in [7, 11) is -3.55. The summed E-state index contributed by atoms with van der Waals surface area (Å²) < 4.78 is 33.9. The van der Waals surface area contributed by atoms with Gasteiger partial charge in [-0.15, -0.1) is 5.10 Å². The van der Waals surface area contributed by atoms with Crippen LogP contribution in [-0.4, -0.2) is 77.9 Å². The van der Waals surface area contributed by atoms with Crippen LogP contribution in [0.5, 0.6) is 0 Å². The summed E-state index contributed by atoms with van der Waals surface area (Å²) in [5.41, 5.74) is 1.54. The number of hydrogen-bond donors (Lipinski definition) is 0. The molecule has 1 amide bonds. The fourth-order valence-corrected chi connectivity index (χ4v) is 5.12. The van der Waals surface area contributed by atoms with Gasteiger partial charge in [0.25, 0.3) is 5.91 Å². The quantitative estimate of drug-likeness (QED) is 0.716. The van der Waals surface area contributed by atoms with Crippen molar-refractivity contribution >= 4 is 15.9 Å². The van der Waals surface area contributed by atoms with Gasteiger partial charge in [0.2, 0.25) is 10.0 Å². The number of benzene rings is 1. The Hall–Kier alpha value is -2.30. The predicted octanol–water partition coefficient (Wildman–Crippen LogP) is 0.873. The van der Waals surface area contributed by atoms with Crippen LogP contribution in [0.4, 0.5) is 0 Å². The molecular formula is C19H23N5O4S. The molecule has 3 aliphatic rings. The third-order valence-electron chi connectivity index (χ3n) is 5.76. The second-order valence-electron chi connectivity index (χ2n) is 7.80. The summed E-state index contributed by atoms with van der Waals surface area (Å²) in [4.78, 5) is 14.6. The van der Waals surface area contributed by atoms with Gasteiger partial charge in [0.1, 0.15) is 0 Å². The molecule has 2 aromatic rings. The number of amides is 1. The number of aromatic nitrogens is 3. The van der Waals surface area contributed by atoms with E-state index in [0.717, 1.165) is 5.69 Å². The lowest BCUT2D eigenvalue weighted by Crippen LogP contribution is -2.50. The molecule has 2 aliphatic heterocycles. The van der Waals surface area contributed by atoms with E-state index in [-0.39, 0.29) is 16.8 Å². The van der Waals surface area contributed by atoms with E-state index in [4.69, 9.17) is 4.74 Å². The average molecular weight is 417 g/mol. The van der Waals surface area contributed by atoms with Crippen molar-refractivity contribution in [1.29, 1.82) is 0 Å². The first-order valence-corrected chi connectivity index (χ1v) is 11.4. The normalized spacial score (nSPS) is 21.2. The lowest BCUT2D eigenvalue weighted by molar-refractivity contribution is 0.0498. The number of hydrogen-bond acceptors (Lipinski definition) is 6. The van der Waals surface area contributed by atoms with E-state index in [1.165, 1.54) is 29.3 Å². The maximum Gasteiger partial charge on any atom is 0.254 e. The topological polar surface area (TPSA) is 97.6 Å². The number of carbonyl (C=O) groups is 1. The van der Waals surface area contributed by atoms with E-state index in [1.807, 2.05) is 10.9 Å². The highest BCUT2D eigenvalue weighted by Gasteiger charge is 2.35. The van der Waals surface area contributed by atoms with Crippen LogP contribution in [0.3, 0.4) is 0 Å². The van der Waals surface area contributed by atoms with Gasteiger partial charge in [0.15, 0.2) is 0 Å². The monoisotopic (exact) mass is 417 g/mol. The van der Waals surface area contributed by atoms with Crippen molar-refractivity contribution in [2.75, 3.05) is 39.4 Å². The Bertz CT molecular complexity index is 1000. The third-order valence-corrected chi connectivity index (χ3v) is 7.67. The van der Waals surface area contributed by atoms with E-state index < -0.39 is 10.0 Å². The van der Waals surface area contributed by atoms with Crippen LogP contribution in [0.15, 0.2) is 35.4 Å². The second kappa shape index (κ2) is 7.19. The van der Waals surface area contributed by atoms with Gasteiger partial charge in [0, 0.05) is 43.9 Å². The molecule has 1 saturated carbocycles. The maximum atomic E-state index is 12.7. The predicted molar refractivity (Wildman–Crippen MR) is 103 cm³/mol. The van der Waals surface area contributed by atoms with Gasteiger partial charge in [-0.2, -0.15) is 4.31 Å². The van der Waals surface area contributed by atoms with Crippen molar-refractivity contribution in [2.24, 2.45) is 0 Å². The van der Waals surface area contributed by atoms with Crippen LogP contribution in [0.2, 0.25) is 0 Å². The zero-order valence-corrected chi connectivity index (χ0v) is 16.8. The first kappa shape index (κ1) is 18.7. The number of carbonyl (C=O) groups excluding carboxylic acids is 1. The van der Waals surface area contributed by atoms with Crippen LogP contribution in [0.25, 0.3) is 0 Å². The Morgan fingerprint density at radius 3 is 2.41 bits per heavy atom. The van der Waals surface area contributed by atoms with Gasteiger partial charge in [-0.1, -0.05) is 5.21 Å². The molecule has 1 aromatic carbocycles. The summed E-state index contributed by atoms with van der Waals surface area (Å²) in [6.07, 6.45) is 4.37. The van der Waals surface area contributed by atoms with Crippen molar-refractivity contribution in [2.45, 2.75) is 29.7 Å². The molecule has 1 aliphatic carbocycles. The van der Waals surface area contributed by atoms with Crippen molar-refractivity contribution in [3.63, 3.8) is 0 Å². The Morgan fingerprint density at radius 2 is 1.76 bits per heavy atom. The van der Waals surface area contributed by atoms with Crippen molar-refractivity contribution < 1.29 is 17.9 Å². The van der Waals surface area contributed by atoms with E-state index >= 15 is 0 Å². The highest BCUT2D eigenvalue weighted by Crippen LogP contribution is 2.39. The molecule has 0 spiro atoms. The van der Waals surface area contributed by atoms with Crippen LogP contribution in [-0.2, 0) is 14.8 Å². The largest absolute Gasteiger partial charge is 0.379 e. The number of rotatable bonds is 5. The molecular weight excluding hydrogens is 394 g/mol. The number of sulfonamides is 1. The van der Waals surface area contributed by atoms with Gasteiger partial charge in [-0.3, -0.25) is 4.79 Å². The fraction of sp³-hybridized carbons (Fsp3) is 0.526. The van der Waals surface area contributed by atoms with Crippen molar-refractivity contribution in [3.8, 4) is 0 Å². The summed E-state index contributed by atoms with van der Waals surface area (Å²) in [5, 5.41) is 8.42. The van der Waals surface area contributed by atoms with Crippen LogP contribution in [0, 0.1) is 0 Å². The maximum absolute atomic E-state index is 12.7. The number of morpholine rings is 1. The van der Waals surface area contributed by atoms with E-state index in [1.54, 1.807) is 17.0 Å². The molecule has 0 N–H and O–H groups in total. The van der Waals surface area contributed by atoms with E-state index in [0.29, 0.717) is 50.9 Å². The second-order valence-corrected chi connectivity index (χ2v) is 9.74. The molecule has 1 aromatic heterocycles. The van der Waals surface area contributed by atoms with Gasteiger partial charge in [-0.25, -0.2) is 13.1 Å². The molecule has 3 fully saturated rings. The van der Waals surface area contributed by atoms with Crippen LogP contribution < -0.4 is 0 Å². The minimum absolute atomic E-state index is 0.0981. The fourth-order valence-electron chi connectivity index (χ4n) is 3.71. The summed E-state index contributed by atoms with van der Waals surface area (Å²) in [6.45, 7) is 2.67. The smallest absolute Gasteiger partial charge is 0.254 e. The molecule has 0 radical (unpaired) electrons. The number of ether oxygens (including phenoxy) is 1. The van der Waals surface area contributed by atoms with Crippen LogP contribution in [0.1, 0.15) is 40.9 Å². The molecule has 5 rings (SSSR count). The Kier molecular flexibility index (Phi) is 4.64.